The van der Waals surface area contributed by atoms with Crippen LogP contribution in [0.5, 0.6) is 5.75 Å². The SMILES string of the molecule is COc1cn[nH]c1Nc1ccccc1. The van der Waals surface area contributed by atoms with Gasteiger partial charge in [-0.1, -0.05) is 18.2 Å². The van der Waals surface area contributed by atoms with Gasteiger partial charge in [-0.3, -0.25) is 5.10 Å². The Kier molecular flexibility index (Phi) is 2.36. The summed E-state index contributed by atoms with van der Waals surface area (Å²) >= 11 is 0. The molecule has 0 unspecified atom stereocenters. The molecule has 2 rings (SSSR count). The van der Waals surface area contributed by atoms with Crippen molar-refractivity contribution in [3.8, 4) is 5.75 Å². The van der Waals surface area contributed by atoms with E-state index in [4.69, 9.17) is 4.74 Å². The Hall–Kier alpha value is -1.97. The van der Waals surface area contributed by atoms with Gasteiger partial charge in [0.15, 0.2) is 11.6 Å². The smallest absolute Gasteiger partial charge is 0.181 e. The Morgan fingerprint density at radius 2 is 2.07 bits per heavy atom. The van der Waals surface area contributed by atoms with Gasteiger partial charge in [-0.15, -0.1) is 0 Å². The molecular formula is C10H11N3O. The zero-order chi connectivity index (χ0) is 9.80. The first kappa shape index (κ1) is 8.62. The lowest BCUT2D eigenvalue weighted by atomic mass is 10.3. The molecule has 2 N–H and O–H groups in total. The van der Waals surface area contributed by atoms with Gasteiger partial charge in [0.2, 0.25) is 0 Å². The molecule has 0 spiro atoms. The van der Waals surface area contributed by atoms with Crippen LogP contribution in [0.15, 0.2) is 36.5 Å². The van der Waals surface area contributed by atoms with Gasteiger partial charge < -0.3 is 10.1 Å². The minimum atomic E-state index is 0.703. The summed E-state index contributed by atoms with van der Waals surface area (Å²) in [6, 6.07) is 9.84. The Bertz CT molecular complexity index is 397. The molecule has 0 saturated heterocycles. The summed E-state index contributed by atoms with van der Waals surface area (Å²) < 4.78 is 5.10. The van der Waals surface area contributed by atoms with Gasteiger partial charge in [0.05, 0.1) is 13.3 Å². The Balaban J connectivity index is 2.19. The number of methoxy groups -OCH3 is 1. The average Bonchev–Trinajstić information content (AvgIpc) is 2.67. The zero-order valence-electron chi connectivity index (χ0n) is 7.82. The van der Waals surface area contributed by atoms with Gasteiger partial charge in [0.1, 0.15) is 0 Å². The van der Waals surface area contributed by atoms with Crippen LogP contribution in [0.2, 0.25) is 0 Å². The van der Waals surface area contributed by atoms with Crippen LogP contribution in [0.1, 0.15) is 0 Å². The lowest BCUT2D eigenvalue weighted by Crippen LogP contribution is -1.92. The molecule has 0 fully saturated rings. The van der Waals surface area contributed by atoms with E-state index in [2.05, 4.69) is 15.5 Å². The number of rotatable bonds is 3. The number of nitrogens with one attached hydrogen (secondary N) is 2. The van der Waals surface area contributed by atoms with Crippen molar-refractivity contribution in [1.29, 1.82) is 0 Å². The maximum atomic E-state index is 5.10. The first-order valence-corrected chi connectivity index (χ1v) is 4.29. The zero-order valence-corrected chi connectivity index (χ0v) is 7.82. The third-order valence-corrected chi connectivity index (χ3v) is 1.87. The predicted octanol–water partition coefficient (Wildman–Crippen LogP) is 2.16. The lowest BCUT2D eigenvalue weighted by molar-refractivity contribution is 0.417. The number of H-pyrrole nitrogens is 1. The highest BCUT2D eigenvalue weighted by Crippen LogP contribution is 2.23. The predicted molar refractivity (Wildman–Crippen MR) is 54.9 cm³/mol. The van der Waals surface area contributed by atoms with E-state index in [-0.39, 0.29) is 0 Å². The molecule has 14 heavy (non-hydrogen) atoms. The number of anilines is 2. The molecule has 1 heterocycles. The molecule has 0 atom stereocenters. The van der Waals surface area contributed by atoms with E-state index in [0.717, 1.165) is 11.5 Å². The second-order valence-corrected chi connectivity index (χ2v) is 2.80. The lowest BCUT2D eigenvalue weighted by Gasteiger charge is -2.04. The maximum absolute atomic E-state index is 5.10. The first-order chi connectivity index (χ1) is 6.90. The highest BCUT2D eigenvalue weighted by molar-refractivity contribution is 5.61. The molecule has 72 valence electrons. The third-order valence-electron chi connectivity index (χ3n) is 1.87. The molecule has 0 saturated carbocycles. The molecule has 0 aliphatic carbocycles. The van der Waals surface area contributed by atoms with E-state index >= 15 is 0 Å². The summed E-state index contributed by atoms with van der Waals surface area (Å²) in [6.45, 7) is 0. The Labute approximate surface area is 81.9 Å². The minimum Gasteiger partial charge on any atom is -0.491 e. The fourth-order valence-corrected chi connectivity index (χ4v) is 1.19. The van der Waals surface area contributed by atoms with E-state index in [1.807, 2.05) is 30.3 Å². The Morgan fingerprint density at radius 1 is 1.29 bits per heavy atom. The second kappa shape index (κ2) is 3.83. The van der Waals surface area contributed by atoms with Crippen molar-refractivity contribution in [3.05, 3.63) is 36.5 Å². The van der Waals surface area contributed by atoms with Crippen LogP contribution in [-0.2, 0) is 0 Å². The van der Waals surface area contributed by atoms with Crippen LogP contribution in [0.3, 0.4) is 0 Å². The number of hydrogen-bond acceptors (Lipinski definition) is 3. The summed E-state index contributed by atoms with van der Waals surface area (Å²) in [5, 5.41) is 9.86. The van der Waals surface area contributed by atoms with Crippen LogP contribution in [0.25, 0.3) is 0 Å². The molecule has 1 aromatic carbocycles. The summed E-state index contributed by atoms with van der Waals surface area (Å²) in [5.74, 6) is 1.47. The van der Waals surface area contributed by atoms with Gasteiger partial charge in [-0.2, -0.15) is 5.10 Å². The minimum absolute atomic E-state index is 0.703. The average molecular weight is 189 g/mol. The monoisotopic (exact) mass is 189 g/mol. The molecule has 0 bridgehead atoms. The Morgan fingerprint density at radius 3 is 2.79 bits per heavy atom. The summed E-state index contributed by atoms with van der Waals surface area (Å²) in [7, 11) is 1.61. The number of nitrogens with zero attached hydrogens (tertiary/aromatic N) is 1. The van der Waals surface area contributed by atoms with Crippen LogP contribution >= 0.6 is 0 Å². The number of para-hydroxylation sites is 1. The third kappa shape index (κ3) is 1.69. The number of benzene rings is 1. The molecule has 4 nitrogen and oxygen atoms in total. The highest BCUT2D eigenvalue weighted by Gasteiger charge is 2.03. The quantitative estimate of drug-likeness (QED) is 0.777. The standard InChI is InChI=1S/C10H11N3O/c1-14-9-7-11-13-10(9)12-8-5-3-2-4-6-8/h2-7H,1H3,(H2,11,12,13). The fraction of sp³-hybridized carbons (Fsp3) is 0.100. The topological polar surface area (TPSA) is 49.9 Å². The summed E-state index contributed by atoms with van der Waals surface area (Å²) in [4.78, 5) is 0. The number of aromatic amines is 1. The van der Waals surface area contributed by atoms with Gasteiger partial charge in [-0.05, 0) is 12.1 Å². The van der Waals surface area contributed by atoms with Gasteiger partial charge in [-0.25, -0.2) is 0 Å². The van der Waals surface area contributed by atoms with Crippen molar-refractivity contribution >= 4 is 11.5 Å². The molecule has 0 radical (unpaired) electrons. The first-order valence-electron chi connectivity index (χ1n) is 4.29. The maximum Gasteiger partial charge on any atom is 0.181 e. The van der Waals surface area contributed by atoms with Gasteiger partial charge >= 0.3 is 0 Å². The molecule has 1 aromatic heterocycles. The summed E-state index contributed by atoms with van der Waals surface area (Å²) in [5.41, 5.74) is 0.995. The van der Waals surface area contributed by atoms with Crippen molar-refractivity contribution in [1.82, 2.24) is 10.2 Å². The van der Waals surface area contributed by atoms with Crippen molar-refractivity contribution in [2.24, 2.45) is 0 Å². The number of hydrogen-bond donors (Lipinski definition) is 2. The summed E-state index contributed by atoms with van der Waals surface area (Å²) in [6.07, 6.45) is 1.63. The van der Waals surface area contributed by atoms with Crippen LogP contribution in [0, 0.1) is 0 Å². The molecular weight excluding hydrogens is 178 g/mol. The van der Waals surface area contributed by atoms with Crippen molar-refractivity contribution in [3.63, 3.8) is 0 Å². The van der Waals surface area contributed by atoms with E-state index in [1.54, 1.807) is 13.3 Å². The van der Waals surface area contributed by atoms with E-state index in [0.29, 0.717) is 5.75 Å². The van der Waals surface area contributed by atoms with Crippen molar-refractivity contribution in [2.75, 3.05) is 12.4 Å². The normalized spacial score (nSPS) is 9.79. The molecule has 2 aromatic rings. The van der Waals surface area contributed by atoms with Crippen molar-refractivity contribution in [2.45, 2.75) is 0 Å². The van der Waals surface area contributed by atoms with Crippen LogP contribution in [-0.4, -0.2) is 17.3 Å². The van der Waals surface area contributed by atoms with Gasteiger partial charge in [0.25, 0.3) is 0 Å². The fourth-order valence-electron chi connectivity index (χ4n) is 1.19. The van der Waals surface area contributed by atoms with Gasteiger partial charge in [0, 0.05) is 5.69 Å². The van der Waals surface area contributed by atoms with Crippen molar-refractivity contribution < 1.29 is 4.74 Å². The largest absolute Gasteiger partial charge is 0.491 e. The van der Waals surface area contributed by atoms with E-state index < -0.39 is 0 Å². The van der Waals surface area contributed by atoms with Crippen LogP contribution < -0.4 is 10.1 Å². The number of ether oxygens (including phenoxy) is 1. The number of aromatic nitrogens is 2. The molecule has 0 amide bonds. The molecule has 0 aliphatic heterocycles. The molecule has 0 aliphatic rings. The molecule has 4 heteroatoms. The van der Waals surface area contributed by atoms with E-state index in [9.17, 15) is 0 Å². The highest BCUT2D eigenvalue weighted by atomic mass is 16.5. The second-order valence-electron chi connectivity index (χ2n) is 2.80. The van der Waals surface area contributed by atoms with E-state index in [1.165, 1.54) is 0 Å². The van der Waals surface area contributed by atoms with Crippen LogP contribution in [0.4, 0.5) is 11.5 Å².